The van der Waals surface area contributed by atoms with Gasteiger partial charge in [0.25, 0.3) is 0 Å². The normalized spacial score (nSPS) is 17.8. The number of nitrogens with zero attached hydrogens (tertiary/aromatic N) is 2. The van der Waals surface area contributed by atoms with Crippen LogP contribution in [0.1, 0.15) is 60.6 Å². The predicted molar refractivity (Wildman–Crippen MR) is 146 cm³/mol. The SMILES string of the molecule is CCN(Cc1cc(C(F)(F)F)ccc1-c1cc([C@@H](C)C(=O)N2C(=O)O[C@@H](c3ccccc3)[C@H]2C)cc(C(F)(F)F)c1)C(=O)O. The van der Waals surface area contributed by atoms with E-state index in [1.54, 1.807) is 37.3 Å². The van der Waals surface area contributed by atoms with E-state index in [-0.39, 0.29) is 28.8 Å². The first kappa shape index (κ1) is 32.4. The van der Waals surface area contributed by atoms with Crippen LogP contribution in [0.15, 0.2) is 66.7 Å². The highest BCUT2D eigenvalue weighted by molar-refractivity contribution is 5.97. The number of carbonyl (C=O) groups excluding carboxylic acids is 2. The molecule has 0 bridgehead atoms. The minimum atomic E-state index is -4.91. The Morgan fingerprint density at radius 3 is 2.16 bits per heavy atom. The lowest BCUT2D eigenvalue weighted by Crippen LogP contribution is -2.40. The van der Waals surface area contributed by atoms with Gasteiger partial charge in [-0.05, 0) is 72.9 Å². The second-order valence-electron chi connectivity index (χ2n) is 10.4. The van der Waals surface area contributed by atoms with Crippen LogP contribution >= 0.6 is 0 Å². The first-order chi connectivity index (χ1) is 20.5. The predicted octanol–water partition coefficient (Wildman–Crippen LogP) is 8.10. The van der Waals surface area contributed by atoms with Gasteiger partial charge in [-0.15, -0.1) is 0 Å². The molecule has 7 nitrogen and oxygen atoms in total. The van der Waals surface area contributed by atoms with Crippen molar-refractivity contribution in [1.82, 2.24) is 9.80 Å². The van der Waals surface area contributed by atoms with Crippen LogP contribution in [0.3, 0.4) is 0 Å². The van der Waals surface area contributed by atoms with Crippen LogP contribution in [0, 0.1) is 0 Å². The summed E-state index contributed by atoms with van der Waals surface area (Å²) in [5.74, 6) is -2.13. The number of alkyl halides is 6. The Labute approximate surface area is 248 Å². The number of hydrogen-bond donors (Lipinski definition) is 1. The molecule has 0 radical (unpaired) electrons. The summed E-state index contributed by atoms with van der Waals surface area (Å²) >= 11 is 0. The minimum Gasteiger partial charge on any atom is -0.465 e. The topological polar surface area (TPSA) is 87.2 Å². The average Bonchev–Trinajstić information content (AvgIpc) is 3.27. The molecule has 13 heteroatoms. The Morgan fingerprint density at radius 2 is 1.59 bits per heavy atom. The highest BCUT2D eigenvalue weighted by Gasteiger charge is 2.45. The molecule has 3 amide bonds. The molecule has 44 heavy (non-hydrogen) atoms. The molecule has 0 aliphatic carbocycles. The summed E-state index contributed by atoms with van der Waals surface area (Å²) in [4.78, 5) is 39.6. The van der Waals surface area contributed by atoms with E-state index in [4.69, 9.17) is 4.74 Å². The zero-order chi connectivity index (χ0) is 32.6. The zero-order valence-corrected chi connectivity index (χ0v) is 23.7. The number of carbonyl (C=O) groups is 3. The molecule has 4 rings (SSSR count). The van der Waals surface area contributed by atoms with Crippen LogP contribution in [-0.2, 0) is 28.4 Å². The minimum absolute atomic E-state index is 0.0807. The van der Waals surface area contributed by atoms with E-state index >= 15 is 0 Å². The number of halogens is 6. The van der Waals surface area contributed by atoms with Crippen LogP contribution in [-0.4, -0.2) is 45.6 Å². The van der Waals surface area contributed by atoms with E-state index in [1.807, 2.05) is 0 Å². The second kappa shape index (κ2) is 12.2. The third kappa shape index (κ3) is 6.66. The lowest BCUT2D eigenvalue weighted by atomic mass is 9.90. The molecule has 1 aliphatic heterocycles. The maximum absolute atomic E-state index is 14.1. The van der Waals surface area contributed by atoms with Crippen molar-refractivity contribution >= 4 is 18.1 Å². The van der Waals surface area contributed by atoms with Gasteiger partial charge in [0, 0.05) is 13.1 Å². The Hall–Kier alpha value is -4.55. The van der Waals surface area contributed by atoms with Crippen molar-refractivity contribution in [3.8, 4) is 11.1 Å². The van der Waals surface area contributed by atoms with Crippen LogP contribution in [0.25, 0.3) is 11.1 Å². The van der Waals surface area contributed by atoms with E-state index in [1.165, 1.54) is 19.9 Å². The van der Waals surface area contributed by atoms with Gasteiger partial charge in [0.1, 0.15) is 6.10 Å². The molecule has 3 aromatic carbocycles. The number of ether oxygens (including phenoxy) is 1. The van der Waals surface area contributed by atoms with E-state index in [9.17, 15) is 45.8 Å². The smallest absolute Gasteiger partial charge is 0.417 e. The number of cyclic esters (lactones) is 1. The van der Waals surface area contributed by atoms with Gasteiger partial charge < -0.3 is 14.7 Å². The van der Waals surface area contributed by atoms with Crippen molar-refractivity contribution in [2.45, 2.75) is 57.7 Å². The number of rotatable bonds is 7. The molecule has 0 aromatic heterocycles. The van der Waals surface area contributed by atoms with E-state index < -0.39 is 66.2 Å². The summed E-state index contributed by atoms with van der Waals surface area (Å²) in [5.41, 5.74) is -2.27. The molecule has 1 heterocycles. The lowest BCUT2D eigenvalue weighted by Gasteiger charge is -2.24. The number of amides is 3. The molecule has 1 fully saturated rings. The monoisotopic (exact) mass is 622 g/mol. The fourth-order valence-corrected chi connectivity index (χ4v) is 5.12. The first-order valence-electron chi connectivity index (χ1n) is 13.5. The fraction of sp³-hybridized carbons (Fsp3) is 0.323. The third-order valence-electron chi connectivity index (χ3n) is 7.55. The number of benzene rings is 3. The Balaban J connectivity index is 1.79. The first-order valence-corrected chi connectivity index (χ1v) is 13.5. The zero-order valence-electron chi connectivity index (χ0n) is 23.7. The quantitative estimate of drug-likeness (QED) is 0.269. The van der Waals surface area contributed by atoms with Gasteiger partial charge in [0.2, 0.25) is 5.91 Å². The maximum atomic E-state index is 14.1. The lowest BCUT2D eigenvalue weighted by molar-refractivity contribution is -0.138. The van der Waals surface area contributed by atoms with Crippen molar-refractivity contribution in [2.75, 3.05) is 6.54 Å². The summed E-state index contributed by atoms with van der Waals surface area (Å²) in [7, 11) is 0. The Kier molecular flexibility index (Phi) is 8.98. The van der Waals surface area contributed by atoms with Gasteiger partial charge in [0.15, 0.2) is 0 Å². The summed E-state index contributed by atoms with van der Waals surface area (Å²) in [6.07, 6.45) is -12.9. The van der Waals surface area contributed by atoms with E-state index in [0.29, 0.717) is 17.7 Å². The summed E-state index contributed by atoms with van der Waals surface area (Å²) in [6, 6.07) is 12.9. The van der Waals surface area contributed by atoms with Crippen LogP contribution in [0.4, 0.5) is 35.9 Å². The highest BCUT2D eigenvalue weighted by Crippen LogP contribution is 2.40. The molecule has 1 saturated heterocycles. The van der Waals surface area contributed by atoms with Gasteiger partial charge in [-0.1, -0.05) is 42.5 Å². The number of carboxylic acid groups (broad SMARTS) is 1. The molecular weight excluding hydrogens is 594 g/mol. The van der Waals surface area contributed by atoms with Gasteiger partial charge in [0.05, 0.1) is 23.1 Å². The molecule has 0 saturated carbocycles. The number of hydrogen-bond acceptors (Lipinski definition) is 4. The maximum Gasteiger partial charge on any atom is 0.417 e. The molecule has 1 N–H and O–H groups in total. The van der Waals surface area contributed by atoms with E-state index in [0.717, 1.165) is 28.0 Å². The van der Waals surface area contributed by atoms with Crippen molar-refractivity contribution in [2.24, 2.45) is 0 Å². The van der Waals surface area contributed by atoms with Crippen LogP contribution in [0.2, 0.25) is 0 Å². The van der Waals surface area contributed by atoms with Gasteiger partial charge in [-0.2, -0.15) is 26.3 Å². The van der Waals surface area contributed by atoms with Crippen LogP contribution in [0.5, 0.6) is 0 Å². The third-order valence-corrected chi connectivity index (χ3v) is 7.55. The molecule has 3 aromatic rings. The van der Waals surface area contributed by atoms with Crippen molar-refractivity contribution < 1.29 is 50.6 Å². The van der Waals surface area contributed by atoms with Gasteiger partial charge in [-0.25, -0.2) is 14.5 Å². The largest absolute Gasteiger partial charge is 0.465 e. The summed E-state index contributed by atoms with van der Waals surface area (Å²) in [6.45, 7) is 3.71. The molecular formula is C31H28F6N2O5. The molecule has 0 spiro atoms. The standard InChI is InChI=1S/C31H28F6N2O5/c1-4-38(28(41)42)16-22-15-23(30(32,33)34)10-11-25(22)21-12-20(13-24(14-21)31(35,36)37)17(2)27(40)39-18(3)26(44-29(39)43)19-8-6-5-7-9-19/h5-15,17-18,26H,4,16H2,1-3H3,(H,41,42)/t17-,18-,26-/m1/s1. The highest BCUT2D eigenvalue weighted by atomic mass is 19.4. The Morgan fingerprint density at radius 1 is 0.955 bits per heavy atom. The fourth-order valence-electron chi connectivity index (χ4n) is 5.12. The molecule has 0 unspecified atom stereocenters. The summed E-state index contributed by atoms with van der Waals surface area (Å²) < 4.78 is 88.3. The summed E-state index contributed by atoms with van der Waals surface area (Å²) in [5, 5.41) is 9.47. The molecule has 234 valence electrons. The average molecular weight is 623 g/mol. The molecule has 1 aliphatic rings. The van der Waals surface area contributed by atoms with Crippen LogP contribution < -0.4 is 0 Å². The van der Waals surface area contributed by atoms with E-state index in [2.05, 4.69) is 0 Å². The van der Waals surface area contributed by atoms with Gasteiger partial charge >= 0.3 is 24.5 Å². The van der Waals surface area contributed by atoms with Crippen molar-refractivity contribution in [3.63, 3.8) is 0 Å². The van der Waals surface area contributed by atoms with Crippen molar-refractivity contribution in [3.05, 3.63) is 94.5 Å². The number of imide groups is 1. The molecule has 3 atom stereocenters. The van der Waals surface area contributed by atoms with Crippen molar-refractivity contribution in [1.29, 1.82) is 0 Å². The van der Waals surface area contributed by atoms with Gasteiger partial charge in [-0.3, -0.25) is 4.79 Å². The Bertz CT molecular complexity index is 1560. The second-order valence-corrected chi connectivity index (χ2v) is 10.4.